The standard InChI is InChI=1S/C21H24N2O4/c1-13-11-15-5-3-4-6-18(15)23(13)12-16-8-10-27-19(16)20(24)22-9-7-17(14(22)2)21(25)26/h3-6,8,10,13-14,17H,7,9,11-12H2,1-2H3,(H,25,26). The number of carboxylic acid groups (broad SMARTS) is 1. The Hall–Kier alpha value is -2.76. The summed E-state index contributed by atoms with van der Waals surface area (Å²) in [5.41, 5.74) is 3.36. The predicted octanol–water partition coefficient (Wildman–Crippen LogP) is 3.17. The van der Waals surface area contributed by atoms with Crippen LogP contribution in [0.5, 0.6) is 0 Å². The van der Waals surface area contributed by atoms with Gasteiger partial charge in [0.2, 0.25) is 0 Å². The van der Waals surface area contributed by atoms with Crippen molar-refractivity contribution in [1.82, 2.24) is 4.90 Å². The van der Waals surface area contributed by atoms with Gasteiger partial charge >= 0.3 is 5.97 Å². The monoisotopic (exact) mass is 368 g/mol. The number of carboxylic acids is 1. The first-order valence-electron chi connectivity index (χ1n) is 9.42. The zero-order valence-electron chi connectivity index (χ0n) is 15.6. The Morgan fingerprint density at radius 1 is 1.22 bits per heavy atom. The summed E-state index contributed by atoms with van der Waals surface area (Å²) in [6.07, 6.45) is 3.01. The number of hydrogen-bond donors (Lipinski definition) is 1. The quantitative estimate of drug-likeness (QED) is 0.897. The van der Waals surface area contributed by atoms with Gasteiger partial charge in [0.15, 0.2) is 5.76 Å². The van der Waals surface area contributed by atoms with Crippen molar-refractivity contribution < 1.29 is 19.1 Å². The molecule has 0 aliphatic carbocycles. The molecule has 27 heavy (non-hydrogen) atoms. The third-order valence-electron chi connectivity index (χ3n) is 5.96. The Morgan fingerprint density at radius 2 is 2.00 bits per heavy atom. The lowest BCUT2D eigenvalue weighted by Crippen LogP contribution is -2.38. The van der Waals surface area contributed by atoms with Gasteiger partial charge in [-0.1, -0.05) is 18.2 Å². The summed E-state index contributed by atoms with van der Waals surface area (Å²) in [4.78, 5) is 28.3. The minimum absolute atomic E-state index is 0.216. The fourth-order valence-corrected chi connectivity index (χ4v) is 4.39. The van der Waals surface area contributed by atoms with Crippen LogP contribution in [0.4, 0.5) is 5.69 Å². The van der Waals surface area contributed by atoms with E-state index < -0.39 is 11.9 Å². The molecule has 0 spiro atoms. The van der Waals surface area contributed by atoms with Gasteiger partial charge in [-0.2, -0.15) is 0 Å². The molecule has 142 valence electrons. The predicted molar refractivity (Wildman–Crippen MR) is 101 cm³/mol. The van der Waals surface area contributed by atoms with Crippen molar-refractivity contribution in [3.05, 3.63) is 53.5 Å². The lowest BCUT2D eigenvalue weighted by atomic mass is 10.0. The number of carbonyl (C=O) groups excluding carboxylic acids is 1. The van der Waals surface area contributed by atoms with Gasteiger partial charge in [-0.25, -0.2) is 0 Å². The van der Waals surface area contributed by atoms with Crippen molar-refractivity contribution >= 4 is 17.6 Å². The lowest BCUT2D eigenvalue weighted by molar-refractivity contribution is -0.142. The second kappa shape index (κ2) is 6.76. The van der Waals surface area contributed by atoms with E-state index in [2.05, 4.69) is 30.0 Å². The number of anilines is 1. The van der Waals surface area contributed by atoms with Gasteiger partial charge < -0.3 is 19.3 Å². The zero-order chi connectivity index (χ0) is 19.1. The summed E-state index contributed by atoms with van der Waals surface area (Å²) >= 11 is 0. The van der Waals surface area contributed by atoms with Gasteiger partial charge in [0.1, 0.15) is 0 Å². The molecular formula is C21H24N2O4. The summed E-state index contributed by atoms with van der Waals surface area (Å²) in [5.74, 6) is -1.26. The number of amides is 1. The molecule has 2 aromatic rings. The van der Waals surface area contributed by atoms with Crippen LogP contribution in [0.1, 0.15) is 41.9 Å². The minimum Gasteiger partial charge on any atom is -0.481 e. The molecule has 4 rings (SSSR count). The molecule has 1 fully saturated rings. The molecule has 1 aromatic heterocycles. The number of likely N-dealkylation sites (tertiary alicyclic amines) is 1. The molecule has 3 heterocycles. The summed E-state index contributed by atoms with van der Waals surface area (Å²) in [7, 11) is 0. The first-order chi connectivity index (χ1) is 13.0. The maximum atomic E-state index is 13.0. The van der Waals surface area contributed by atoms with Crippen molar-refractivity contribution in [2.75, 3.05) is 11.4 Å². The Kier molecular flexibility index (Phi) is 4.42. The van der Waals surface area contributed by atoms with Crippen molar-refractivity contribution in [1.29, 1.82) is 0 Å². The highest BCUT2D eigenvalue weighted by molar-refractivity contribution is 5.94. The summed E-state index contributed by atoms with van der Waals surface area (Å²) in [6.45, 7) is 5.02. The van der Waals surface area contributed by atoms with Crippen LogP contribution in [0.15, 0.2) is 41.0 Å². The third-order valence-corrected chi connectivity index (χ3v) is 5.96. The topological polar surface area (TPSA) is 74.0 Å². The number of nitrogens with zero attached hydrogens (tertiary/aromatic N) is 2. The van der Waals surface area contributed by atoms with Gasteiger partial charge in [-0.15, -0.1) is 0 Å². The van der Waals surface area contributed by atoms with Gasteiger partial charge in [0.05, 0.1) is 12.2 Å². The Bertz CT molecular complexity index is 875. The van der Waals surface area contributed by atoms with E-state index in [1.165, 1.54) is 11.3 Å². The van der Waals surface area contributed by atoms with E-state index in [4.69, 9.17) is 4.42 Å². The number of fused-ring (bicyclic) bond motifs is 1. The first-order valence-corrected chi connectivity index (χ1v) is 9.42. The molecule has 2 aliphatic heterocycles. The van der Waals surface area contributed by atoms with E-state index in [0.717, 1.165) is 12.0 Å². The van der Waals surface area contributed by atoms with Crippen LogP contribution >= 0.6 is 0 Å². The summed E-state index contributed by atoms with van der Waals surface area (Å²) < 4.78 is 5.55. The van der Waals surface area contributed by atoms with E-state index in [9.17, 15) is 14.7 Å². The van der Waals surface area contributed by atoms with Gasteiger partial charge in [-0.05, 0) is 44.4 Å². The van der Waals surface area contributed by atoms with E-state index >= 15 is 0 Å². The second-order valence-electron chi connectivity index (χ2n) is 7.56. The zero-order valence-corrected chi connectivity index (χ0v) is 15.6. The van der Waals surface area contributed by atoms with E-state index in [1.54, 1.807) is 18.1 Å². The summed E-state index contributed by atoms with van der Waals surface area (Å²) in [5, 5.41) is 9.31. The molecule has 6 heteroatoms. The number of furan rings is 1. The smallest absolute Gasteiger partial charge is 0.308 e. The molecular weight excluding hydrogens is 344 g/mol. The first kappa shape index (κ1) is 17.6. The van der Waals surface area contributed by atoms with Crippen LogP contribution in [0.25, 0.3) is 0 Å². The van der Waals surface area contributed by atoms with Crippen LogP contribution in [0, 0.1) is 5.92 Å². The normalized spacial score (nSPS) is 24.3. The number of aliphatic carboxylic acids is 1. The van der Waals surface area contributed by atoms with Crippen LogP contribution in [0.3, 0.4) is 0 Å². The van der Waals surface area contributed by atoms with Crippen molar-refractivity contribution in [3.8, 4) is 0 Å². The Labute approximate surface area is 158 Å². The average Bonchev–Trinajstić information content (AvgIpc) is 3.33. The third kappa shape index (κ3) is 2.99. The van der Waals surface area contributed by atoms with Crippen LogP contribution in [-0.4, -0.2) is 40.5 Å². The fourth-order valence-electron chi connectivity index (χ4n) is 4.39. The average molecular weight is 368 g/mol. The molecule has 1 N–H and O–H groups in total. The fraction of sp³-hybridized carbons (Fsp3) is 0.429. The summed E-state index contributed by atoms with van der Waals surface area (Å²) in [6, 6.07) is 10.2. The molecule has 2 aliphatic rings. The molecule has 0 radical (unpaired) electrons. The van der Waals surface area contributed by atoms with Crippen molar-refractivity contribution in [3.63, 3.8) is 0 Å². The molecule has 0 bridgehead atoms. The lowest BCUT2D eigenvalue weighted by Gasteiger charge is -2.26. The van der Waals surface area contributed by atoms with E-state index in [-0.39, 0.29) is 11.9 Å². The minimum atomic E-state index is -0.847. The number of rotatable bonds is 4. The Balaban J connectivity index is 1.56. The van der Waals surface area contributed by atoms with Crippen molar-refractivity contribution in [2.24, 2.45) is 5.92 Å². The number of carbonyl (C=O) groups is 2. The molecule has 1 amide bonds. The van der Waals surface area contributed by atoms with E-state index in [1.807, 2.05) is 12.1 Å². The molecule has 3 atom stereocenters. The van der Waals surface area contributed by atoms with Gasteiger partial charge in [-0.3, -0.25) is 9.59 Å². The van der Waals surface area contributed by atoms with Crippen molar-refractivity contribution in [2.45, 2.75) is 45.3 Å². The van der Waals surface area contributed by atoms with Crippen LogP contribution in [0.2, 0.25) is 0 Å². The Morgan fingerprint density at radius 3 is 2.74 bits per heavy atom. The number of benzene rings is 1. The molecule has 3 unspecified atom stereocenters. The van der Waals surface area contributed by atoms with Crippen LogP contribution < -0.4 is 4.90 Å². The number of para-hydroxylation sites is 1. The number of hydrogen-bond acceptors (Lipinski definition) is 4. The highest BCUT2D eigenvalue weighted by Crippen LogP contribution is 2.34. The second-order valence-corrected chi connectivity index (χ2v) is 7.56. The van der Waals surface area contributed by atoms with Crippen LogP contribution in [-0.2, 0) is 17.8 Å². The largest absolute Gasteiger partial charge is 0.481 e. The molecule has 0 saturated carbocycles. The SMILES string of the molecule is CC1C(C(=O)O)CCN1C(=O)c1occc1CN1c2ccccc2CC1C. The van der Waals surface area contributed by atoms with E-state index in [0.29, 0.717) is 31.3 Å². The molecule has 6 nitrogen and oxygen atoms in total. The molecule has 1 saturated heterocycles. The van der Waals surface area contributed by atoms with Gasteiger partial charge in [0, 0.05) is 36.4 Å². The highest BCUT2D eigenvalue weighted by Gasteiger charge is 2.40. The maximum Gasteiger partial charge on any atom is 0.308 e. The maximum absolute atomic E-state index is 13.0. The van der Waals surface area contributed by atoms with Gasteiger partial charge in [0.25, 0.3) is 5.91 Å². The highest BCUT2D eigenvalue weighted by atomic mass is 16.4. The molecule has 1 aromatic carbocycles.